The van der Waals surface area contributed by atoms with Gasteiger partial charge in [0.25, 0.3) is 0 Å². The average Bonchev–Trinajstić information content (AvgIpc) is 2.30. The zero-order chi connectivity index (χ0) is 13.3. The third kappa shape index (κ3) is 5.14. The van der Waals surface area contributed by atoms with Crippen molar-refractivity contribution in [3.8, 4) is 0 Å². The Kier molecular flexibility index (Phi) is 9.94. The minimum Gasteiger partial charge on any atom is -0.481 e. The summed E-state index contributed by atoms with van der Waals surface area (Å²) in [5.74, 6) is -1.56. The molecule has 5 heteroatoms. The maximum absolute atomic E-state index is 10.4. The Morgan fingerprint density at radius 2 is 1.69 bits per heavy atom. The summed E-state index contributed by atoms with van der Waals surface area (Å²) in [5, 5.41) is 26.7. The lowest BCUT2D eigenvalue weighted by Gasteiger charge is -2.27. The Bertz CT molecular complexity index is 224. The van der Waals surface area contributed by atoms with E-state index >= 15 is 0 Å². The molecule has 1 aliphatic rings. The van der Waals surface area contributed by atoms with Crippen LogP contribution in [0.5, 0.6) is 0 Å². The third-order valence-electron chi connectivity index (χ3n) is 1.68. The third-order valence-corrected chi connectivity index (χ3v) is 1.68. The fourth-order valence-corrected chi connectivity index (χ4v) is 0.962. The SMILES string of the molecule is CC.CC.CC1OC(C(=O)O)=CC(O)C1O. The molecule has 0 fully saturated rings. The van der Waals surface area contributed by atoms with Gasteiger partial charge in [0, 0.05) is 0 Å². The molecule has 0 aliphatic carbocycles. The maximum Gasteiger partial charge on any atom is 0.370 e. The molecule has 0 aromatic heterocycles. The zero-order valence-electron chi connectivity index (χ0n) is 10.5. The van der Waals surface area contributed by atoms with Crippen LogP contribution in [-0.2, 0) is 9.53 Å². The molecular weight excluding hydrogens is 212 g/mol. The number of carbonyl (C=O) groups is 1. The summed E-state index contributed by atoms with van der Waals surface area (Å²) in [4.78, 5) is 10.4. The molecule has 5 nitrogen and oxygen atoms in total. The fraction of sp³-hybridized carbons (Fsp3) is 0.727. The van der Waals surface area contributed by atoms with Gasteiger partial charge in [0.2, 0.25) is 5.76 Å². The Morgan fingerprint density at radius 3 is 2.00 bits per heavy atom. The van der Waals surface area contributed by atoms with Crippen LogP contribution in [0.3, 0.4) is 0 Å². The van der Waals surface area contributed by atoms with E-state index in [9.17, 15) is 4.79 Å². The van der Waals surface area contributed by atoms with Crippen LogP contribution in [-0.4, -0.2) is 39.6 Å². The molecule has 0 aromatic rings. The molecule has 96 valence electrons. The van der Waals surface area contributed by atoms with E-state index in [0.717, 1.165) is 6.08 Å². The molecule has 0 saturated heterocycles. The van der Waals surface area contributed by atoms with Crippen molar-refractivity contribution in [3.63, 3.8) is 0 Å². The monoisotopic (exact) mass is 234 g/mol. The second-order valence-electron chi connectivity index (χ2n) is 2.64. The van der Waals surface area contributed by atoms with Crippen LogP contribution in [0, 0.1) is 0 Å². The molecule has 1 rings (SSSR count). The Balaban J connectivity index is 0. The van der Waals surface area contributed by atoms with Crippen molar-refractivity contribution >= 4 is 5.97 Å². The largest absolute Gasteiger partial charge is 0.481 e. The molecule has 0 radical (unpaired) electrons. The molecule has 0 amide bonds. The quantitative estimate of drug-likeness (QED) is 0.633. The summed E-state index contributed by atoms with van der Waals surface area (Å²) in [6, 6.07) is 0. The molecule has 1 aliphatic heterocycles. The van der Waals surface area contributed by atoms with Crippen molar-refractivity contribution in [2.75, 3.05) is 0 Å². The second kappa shape index (κ2) is 9.18. The Labute approximate surface area is 96.4 Å². The number of carboxylic acid groups (broad SMARTS) is 1. The van der Waals surface area contributed by atoms with Crippen molar-refractivity contribution < 1.29 is 24.9 Å². The summed E-state index contributed by atoms with van der Waals surface area (Å²) in [7, 11) is 0. The van der Waals surface area contributed by atoms with Gasteiger partial charge in [-0.05, 0) is 13.0 Å². The number of aliphatic carboxylic acids is 1. The first-order valence-electron chi connectivity index (χ1n) is 5.50. The average molecular weight is 234 g/mol. The predicted molar refractivity (Wildman–Crippen MR) is 61.0 cm³/mol. The van der Waals surface area contributed by atoms with E-state index in [0.29, 0.717) is 0 Å². The predicted octanol–water partition coefficient (Wildman–Crippen LogP) is 1.15. The normalized spacial score (nSPS) is 27.2. The summed E-state index contributed by atoms with van der Waals surface area (Å²) in [6.07, 6.45) is -1.95. The van der Waals surface area contributed by atoms with Gasteiger partial charge in [-0.15, -0.1) is 0 Å². The molecule has 3 atom stereocenters. The van der Waals surface area contributed by atoms with Crippen LogP contribution in [0.4, 0.5) is 0 Å². The molecular formula is C11H22O5. The first-order chi connectivity index (χ1) is 7.52. The number of aliphatic hydroxyl groups is 2. The van der Waals surface area contributed by atoms with Crippen LogP contribution in [0.2, 0.25) is 0 Å². The first-order valence-corrected chi connectivity index (χ1v) is 5.50. The molecule has 0 spiro atoms. The minimum absolute atomic E-state index is 0.319. The van der Waals surface area contributed by atoms with Gasteiger partial charge in [0.05, 0.1) is 0 Å². The van der Waals surface area contributed by atoms with E-state index in [1.54, 1.807) is 0 Å². The summed E-state index contributed by atoms with van der Waals surface area (Å²) >= 11 is 0. The Morgan fingerprint density at radius 1 is 1.25 bits per heavy atom. The summed E-state index contributed by atoms with van der Waals surface area (Å²) in [5.41, 5.74) is 0. The van der Waals surface area contributed by atoms with Gasteiger partial charge in [0.15, 0.2) is 0 Å². The van der Waals surface area contributed by atoms with Gasteiger partial charge in [0.1, 0.15) is 18.3 Å². The van der Waals surface area contributed by atoms with Gasteiger partial charge in [-0.3, -0.25) is 0 Å². The number of rotatable bonds is 1. The standard InChI is InChI=1S/C7H10O5.2C2H6/c1-3-6(9)4(8)2-5(12-3)7(10)11;2*1-2/h2-4,6,8-9H,1H3,(H,10,11);2*1-2H3. The van der Waals surface area contributed by atoms with E-state index in [1.807, 2.05) is 27.7 Å². The molecule has 1 heterocycles. The van der Waals surface area contributed by atoms with E-state index in [4.69, 9.17) is 20.1 Å². The number of ether oxygens (including phenoxy) is 1. The zero-order valence-corrected chi connectivity index (χ0v) is 10.5. The lowest BCUT2D eigenvalue weighted by atomic mass is 10.1. The van der Waals surface area contributed by atoms with Gasteiger partial charge in [-0.2, -0.15) is 0 Å². The molecule has 3 unspecified atom stereocenters. The van der Waals surface area contributed by atoms with Crippen molar-refractivity contribution in [3.05, 3.63) is 11.8 Å². The summed E-state index contributed by atoms with van der Waals surface area (Å²) < 4.78 is 4.78. The van der Waals surface area contributed by atoms with Gasteiger partial charge < -0.3 is 20.1 Å². The molecule has 0 bridgehead atoms. The van der Waals surface area contributed by atoms with E-state index in [2.05, 4.69) is 0 Å². The molecule has 0 aromatic carbocycles. The summed E-state index contributed by atoms with van der Waals surface area (Å²) in [6.45, 7) is 9.49. The fourth-order valence-electron chi connectivity index (χ4n) is 0.962. The van der Waals surface area contributed by atoms with Gasteiger partial charge in [-0.1, -0.05) is 27.7 Å². The first kappa shape index (κ1) is 17.3. The Hall–Kier alpha value is -1.07. The lowest BCUT2D eigenvalue weighted by Crippen LogP contribution is -2.40. The second-order valence-corrected chi connectivity index (χ2v) is 2.64. The number of carboxylic acids is 1. The van der Waals surface area contributed by atoms with E-state index in [1.165, 1.54) is 6.92 Å². The number of hydrogen-bond donors (Lipinski definition) is 3. The highest BCUT2D eigenvalue weighted by molar-refractivity contribution is 5.84. The maximum atomic E-state index is 10.4. The highest BCUT2D eigenvalue weighted by atomic mass is 16.5. The van der Waals surface area contributed by atoms with Gasteiger partial charge >= 0.3 is 5.97 Å². The smallest absolute Gasteiger partial charge is 0.370 e. The van der Waals surface area contributed by atoms with Crippen LogP contribution in [0.15, 0.2) is 11.8 Å². The lowest BCUT2D eigenvalue weighted by molar-refractivity contribution is -0.142. The van der Waals surface area contributed by atoms with Crippen LogP contribution in [0.1, 0.15) is 34.6 Å². The molecule has 16 heavy (non-hydrogen) atoms. The van der Waals surface area contributed by atoms with Gasteiger partial charge in [-0.25, -0.2) is 4.79 Å². The van der Waals surface area contributed by atoms with Crippen molar-refractivity contribution in [1.82, 2.24) is 0 Å². The van der Waals surface area contributed by atoms with Crippen molar-refractivity contribution in [2.24, 2.45) is 0 Å². The highest BCUT2D eigenvalue weighted by Crippen LogP contribution is 2.17. The van der Waals surface area contributed by atoms with Crippen LogP contribution in [0.25, 0.3) is 0 Å². The minimum atomic E-state index is -1.24. The van der Waals surface area contributed by atoms with E-state index < -0.39 is 24.3 Å². The van der Waals surface area contributed by atoms with E-state index in [-0.39, 0.29) is 5.76 Å². The van der Waals surface area contributed by atoms with Crippen LogP contribution < -0.4 is 0 Å². The van der Waals surface area contributed by atoms with Crippen LogP contribution >= 0.6 is 0 Å². The number of hydrogen-bond acceptors (Lipinski definition) is 4. The molecule has 3 N–H and O–H groups in total. The topological polar surface area (TPSA) is 87.0 Å². The van der Waals surface area contributed by atoms with Crippen molar-refractivity contribution in [1.29, 1.82) is 0 Å². The highest BCUT2D eigenvalue weighted by Gasteiger charge is 2.31. The number of aliphatic hydroxyl groups excluding tert-OH is 2. The van der Waals surface area contributed by atoms with Crippen molar-refractivity contribution in [2.45, 2.75) is 52.9 Å². The molecule has 0 saturated carbocycles.